The lowest BCUT2D eigenvalue weighted by molar-refractivity contribution is -0.383. The molecule has 0 bridgehead atoms. The molecule has 19 nitrogen and oxygen atoms in total. The molecule has 9 atom stereocenters. The molecule has 0 spiro atoms. The Bertz CT molecular complexity index is 1590. The zero-order valence-corrected chi connectivity index (χ0v) is 28.9. The van der Waals surface area contributed by atoms with Gasteiger partial charge in [0, 0.05) is 12.2 Å². The molecule has 2 aromatic rings. The Kier molecular flexibility index (Phi) is 13.9. The smallest absolute Gasteiger partial charge is 0.331 e. The summed E-state index contributed by atoms with van der Waals surface area (Å²) >= 11 is 0. The fourth-order valence-electron chi connectivity index (χ4n) is 5.49. The van der Waals surface area contributed by atoms with Crippen molar-refractivity contribution < 1.29 is 93.1 Å². The van der Waals surface area contributed by atoms with Crippen molar-refractivity contribution in [3.8, 4) is 34.5 Å². The normalized spacial score (nSPS) is 28.6. The van der Waals surface area contributed by atoms with Gasteiger partial charge in [0.25, 0.3) is 0 Å². The third-order valence-corrected chi connectivity index (χ3v) is 8.31. The van der Waals surface area contributed by atoms with E-state index in [4.69, 9.17) is 42.6 Å². The van der Waals surface area contributed by atoms with E-state index >= 15 is 0 Å². The summed E-state index contributed by atoms with van der Waals surface area (Å²) in [4.78, 5) is 26.2. The molecule has 4 rings (SSSR count). The molecule has 2 aromatic carbocycles. The van der Waals surface area contributed by atoms with E-state index in [1.54, 1.807) is 0 Å². The van der Waals surface area contributed by atoms with Crippen molar-refractivity contribution in [1.29, 1.82) is 0 Å². The number of benzene rings is 2. The van der Waals surface area contributed by atoms with Crippen molar-refractivity contribution in [3.05, 3.63) is 47.5 Å². The summed E-state index contributed by atoms with van der Waals surface area (Å²) in [7, 11) is 5.21. The van der Waals surface area contributed by atoms with Gasteiger partial charge in [-0.3, -0.25) is 0 Å². The second-order valence-electron chi connectivity index (χ2n) is 11.6. The van der Waals surface area contributed by atoms with Crippen molar-refractivity contribution >= 4 is 24.1 Å². The van der Waals surface area contributed by atoms with Gasteiger partial charge in [-0.15, -0.1) is 0 Å². The molecular formula is C34H42O19. The highest BCUT2D eigenvalue weighted by atomic mass is 16.8. The number of carbonyl (C=O) groups is 2. The molecule has 0 aromatic heterocycles. The van der Waals surface area contributed by atoms with Crippen LogP contribution in [0.1, 0.15) is 11.1 Å². The first kappa shape index (κ1) is 41.1. The van der Waals surface area contributed by atoms with Crippen molar-refractivity contribution in [3.63, 3.8) is 0 Å². The minimum absolute atomic E-state index is 0.0225. The van der Waals surface area contributed by atoms with Gasteiger partial charge in [0.05, 0.1) is 41.7 Å². The number of aliphatic hydroxyl groups excluding tert-OH is 6. The molecule has 292 valence electrons. The molecule has 2 heterocycles. The predicted molar refractivity (Wildman–Crippen MR) is 177 cm³/mol. The summed E-state index contributed by atoms with van der Waals surface area (Å²) in [5.74, 6) is -5.21. The predicted octanol–water partition coefficient (Wildman–Crippen LogP) is -1.42. The van der Waals surface area contributed by atoms with Crippen molar-refractivity contribution in [2.24, 2.45) is 0 Å². The highest BCUT2D eigenvalue weighted by Gasteiger charge is 2.61. The van der Waals surface area contributed by atoms with E-state index in [1.165, 1.54) is 64.9 Å². The van der Waals surface area contributed by atoms with E-state index in [-0.39, 0.29) is 34.5 Å². The number of rotatable bonds is 15. The van der Waals surface area contributed by atoms with Gasteiger partial charge in [-0.1, -0.05) is 0 Å². The first-order valence-corrected chi connectivity index (χ1v) is 15.8. The minimum atomic E-state index is -2.57. The second kappa shape index (κ2) is 17.9. The monoisotopic (exact) mass is 754 g/mol. The van der Waals surface area contributed by atoms with Crippen LogP contribution in [0, 0.1) is 0 Å². The molecule has 0 saturated carbocycles. The number of methoxy groups -OCH3 is 4. The Balaban J connectivity index is 1.66. The first-order valence-electron chi connectivity index (χ1n) is 15.8. The summed E-state index contributed by atoms with van der Waals surface area (Å²) < 4.78 is 48.4. The average Bonchev–Trinajstić information content (AvgIpc) is 3.42. The fourth-order valence-corrected chi connectivity index (χ4v) is 5.49. The summed E-state index contributed by atoms with van der Waals surface area (Å²) in [5.41, 5.74) is 0.634. The molecule has 2 fully saturated rings. The highest BCUT2D eigenvalue weighted by molar-refractivity contribution is 5.88. The van der Waals surface area contributed by atoms with Crippen LogP contribution in [0.25, 0.3) is 12.2 Å². The molecule has 2 saturated heterocycles. The van der Waals surface area contributed by atoms with Gasteiger partial charge in [0.2, 0.25) is 17.3 Å². The van der Waals surface area contributed by atoms with Crippen LogP contribution in [-0.2, 0) is 33.3 Å². The molecular weight excluding hydrogens is 712 g/mol. The summed E-state index contributed by atoms with van der Waals surface area (Å²) in [5, 5.41) is 82.6. The number of aromatic hydroxyl groups is 2. The molecule has 8 N–H and O–H groups in total. The third kappa shape index (κ3) is 9.10. The maximum absolute atomic E-state index is 13.2. The standard InChI is InChI=1S/C34H42O19/c1-45-18-9-16(10-19(46-2)26(18)39)5-7-24(37)49-15-34(53-33-31(44)30(43)28(41)22(13-35)50-33)32(29(42)23(14-36)52-34)51-25(38)8-6-17-11-20(47-3)27(40)21(12-17)48-4/h5-12,22-23,28-33,35-36,39-44H,13-15H2,1-4H3. The maximum atomic E-state index is 13.2. The molecule has 0 radical (unpaired) electrons. The second-order valence-corrected chi connectivity index (χ2v) is 11.6. The van der Waals surface area contributed by atoms with Gasteiger partial charge in [-0.05, 0) is 47.5 Å². The SMILES string of the molecule is COc1cc(C=CC(=O)OCC2(OC3OC(CO)C(O)C(O)C3O)OC(CO)C(O)C2OC(=O)C=Cc2cc(OC)c(O)c(OC)c2)cc(OC)c1O. The fraction of sp³-hybridized carbons (Fsp3) is 0.471. The van der Waals surface area contributed by atoms with E-state index in [2.05, 4.69) is 0 Å². The van der Waals surface area contributed by atoms with Crippen molar-refractivity contribution in [2.45, 2.75) is 54.8 Å². The summed E-state index contributed by atoms with van der Waals surface area (Å²) in [6, 6.07) is 5.53. The van der Waals surface area contributed by atoms with Crippen LogP contribution >= 0.6 is 0 Å². The van der Waals surface area contributed by atoms with Gasteiger partial charge < -0.3 is 83.5 Å². The average molecular weight is 755 g/mol. The summed E-state index contributed by atoms with van der Waals surface area (Å²) in [6.07, 6.45) is -10.1. The number of ether oxygens (including phenoxy) is 9. The minimum Gasteiger partial charge on any atom is -0.502 e. The van der Waals surface area contributed by atoms with Crippen LogP contribution in [0.15, 0.2) is 36.4 Å². The van der Waals surface area contributed by atoms with E-state index in [1.807, 2.05) is 0 Å². The van der Waals surface area contributed by atoms with Gasteiger partial charge in [-0.2, -0.15) is 0 Å². The number of hydrogen-bond acceptors (Lipinski definition) is 19. The number of aliphatic hydroxyl groups is 6. The molecule has 9 unspecified atom stereocenters. The van der Waals surface area contributed by atoms with E-state index in [9.17, 15) is 50.4 Å². The molecule has 0 amide bonds. The lowest BCUT2D eigenvalue weighted by atomic mass is 9.99. The Morgan fingerprint density at radius 1 is 0.698 bits per heavy atom. The van der Waals surface area contributed by atoms with E-state index in [0.29, 0.717) is 11.1 Å². The quantitative estimate of drug-likeness (QED) is 0.0765. The van der Waals surface area contributed by atoms with Gasteiger partial charge in [0.15, 0.2) is 35.4 Å². The van der Waals surface area contributed by atoms with Crippen LogP contribution < -0.4 is 18.9 Å². The third-order valence-electron chi connectivity index (χ3n) is 8.31. The number of hydrogen-bond donors (Lipinski definition) is 8. The van der Waals surface area contributed by atoms with Crippen LogP contribution in [0.2, 0.25) is 0 Å². The molecule has 53 heavy (non-hydrogen) atoms. The van der Waals surface area contributed by atoms with E-state index < -0.39 is 86.6 Å². The maximum Gasteiger partial charge on any atom is 0.331 e. The summed E-state index contributed by atoms with van der Waals surface area (Å²) in [6.45, 7) is -2.73. The van der Waals surface area contributed by atoms with Crippen LogP contribution in [0.5, 0.6) is 34.5 Å². The number of esters is 2. The highest BCUT2D eigenvalue weighted by Crippen LogP contribution is 2.40. The van der Waals surface area contributed by atoms with Crippen LogP contribution in [-0.4, -0.2) is 156 Å². The number of phenols is 2. The van der Waals surface area contributed by atoms with Crippen LogP contribution in [0.3, 0.4) is 0 Å². The van der Waals surface area contributed by atoms with Crippen LogP contribution in [0.4, 0.5) is 0 Å². The van der Waals surface area contributed by atoms with Gasteiger partial charge in [-0.25, -0.2) is 9.59 Å². The molecule has 2 aliphatic heterocycles. The Morgan fingerprint density at radius 3 is 1.62 bits per heavy atom. The van der Waals surface area contributed by atoms with Crippen molar-refractivity contribution in [1.82, 2.24) is 0 Å². The molecule has 19 heteroatoms. The Labute approximate surface area is 302 Å². The number of carbonyl (C=O) groups excluding carboxylic acids is 2. The van der Waals surface area contributed by atoms with Crippen molar-refractivity contribution in [2.75, 3.05) is 48.3 Å². The zero-order chi connectivity index (χ0) is 39.0. The topological polar surface area (TPSA) is 279 Å². The lowest BCUT2D eigenvalue weighted by Gasteiger charge is -2.43. The first-order chi connectivity index (χ1) is 25.3. The molecule has 2 aliphatic rings. The lowest BCUT2D eigenvalue weighted by Crippen LogP contribution is -2.63. The number of phenolic OH excluding ortho intramolecular Hbond substituents is 2. The zero-order valence-electron chi connectivity index (χ0n) is 28.9. The Morgan fingerprint density at radius 2 is 1.17 bits per heavy atom. The molecule has 0 aliphatic carbocycles. The Hall–Kier alpha value is -4.70. The van der Waals surface area contributed by atoms with Gasteiger partial charge >= 0.3 is 11.9 Å². The van der Waals surface area contributed by atoms with E-state index in [0.717, 1.165) is 12.2 Å². The largest absolute Gasteiger partial charge is 0.502 e. The van der Waals surface area contributed by atoms with Gasteiger partial charge in [0.1, 0.15) is 43.2 Å².